The van der Waals surface area contributed by atoms with Crippen molar-refractivity contribution in [3.8, 4) is 5.69 Å². The number of aromatic nitrogens is 3. The lowest BCUT2D eigenvalue weighted by Gasteiger charge is -2.06. The van der Waals surface area contributed by atoms with Crippen LogP contribution >= 0.6 is 0 Å². The molecule has 0 atom stereocenters. The van der Waals surface area contributed by atoms with Crippen LogP contribution < -0.4 is 0 Å². The third kappa shape index (κ3) is 2.37. The fourth-order valence-electron chi connectivity index (χ4n) is 1.63. The predicted octanol–water partition coefficient (Wildman–Crippen LogP) is 3.16. The van der Waals surface area contributed by atoms with Gasteiger partial charge in [0.05, 0.1) is 22.6 Å². The van der Waals surface area contributed by atoms with Crippen molar-refractivity contribution in [2.75, 3.05) is 0 Å². The molecule has 3 nitrogen and oxygen atoms in total. The maximum Gasteiger partial charge on any atom is 0.416 e. The summed E-state index contributed by atoms with van der Waals surface area (Å²) in [4.78, 5) is 1.36. The second kappa shape index (κ2) is 4.44. The van der Waals surface area contributed by atoms with Crippen LogP contribution in [0.15, 0.2) is 24.3 Å². The fraction of sp³-hybridized carbons (Fsp3) is 0.333. The summed E-state index contributed by atoms with van der Waals surface area (Å²) in [5.41, 5.74) is 1.48. The van der Waals surface area contributed by atoms with E-state index in [4.69, 9.17) is 0 Å². The van der Waals surface area contributed by atoms with Crippen molar-refractivity contribution in [3.63, 3.8) is 0 Å². The highest BCUT2D eigenvalue weighted by Crippen LogP contribution is 2.29. The van der Waals surface area contributed by atoms with Crippen LogP contribution in [0.3, 0.4) is 0 Å². The van der Waals surface area contributed by atoms with E-state index in [1.54, 1.807) is 0 Å². The van der Waals surface area contributed by atoms with Gasteiger partial charge in [0.1, 0.15) is 0 Å². The Kier molecular flexibility index (Phi) is 3.11. The molecule has 1 aromatic carbocycles. The highest BCUT2D eigenvalue weighted by atomic mass is 19.4. The van der Waals surface area contributed by atoms with Crippen LogP contribution in [0, 0.1) is 6.92 Å². The molecule has 6 heteroatoms. The second-order valence-electron chi connectivity index (χ2n) is 3.92. The average Bonchev–Trinajstić information content (AvgIpc) is 2.69. The Bertz CT molecular complexity index is 541. The highest BCUT2D eigenvalue weighted by molar-refractivity contribution is 5.34. The molecule has 18 heavy (non-hydrogen) atoms. The molecule has 0 unspecified atom stereocenters. The first-order valence-corrected chi connectivity index (χ1v) is 5.52. The molecule has 0 saturated carbocycles. The Morgan fingerprint density at radius 2 is 1.72 bits per heavy atom. The summed E-state index contributed by atoms with van der Waals surface area (Å²) >= 11 is 0. The van der Waals surface area contributed by atoms with Gasteiger partial charge in [0, 0.05) is 0 Å². The minimum absolute atomic E-state index is 0.519. The molecule has 0 saturated heterocycles. The Morgan fingerprint density at radius 3 is 2.17 bits per heavy atom. The number of alkyl halides is 3. The van der Waals surface area contributed by atoms with Gasteiger partial charge in [-0.15, -0.1) is 0 Å². The van der Waals surface area contributed by atoms with E-state index in [0.29, 0.717) is 5.69 Å². The number of aryl methyl sites for hydroxylation is 2. The van der Waals surface area contributed by atoms with E-state index >= 15 is 0 Å². The summed E-state index contributed by atoms with van der Waals surface area (Å²) in [5.74, 6) is 0. The molecular formula is C12H12F3N3. The molecular weight excluding hydrogens is 243 g/mol. The Hall–Kier alpha value is -1.85. The summed E-state index contributed by atoms with van der Waals surface area (Å²) < 4.78 is 37.2. The molecule has 0 radical (unpaired) electrons. The highest BCUT2D eigenvalue weighted by Gasteiger charge is 2.30. The lowest BCUT2D eigenvalue weighted by molar-refractivity contribution is -0.137. The summed E-state index contributed by atoms with van der Waals surface area (Å²) in [5, 5.41) is 8.38. The molecule has 0 amide bonds. The van der Waals surface area contributed by atoms with Crippen molar-refractivity contribution >= 4 is 0 Å². The molecule has 2 rings (SSSR count). The molecule has 0 aliphatic carbocycles. The van der Waals surface area contributed by atoms with E-state index in [-0.39, 0.29) is 0 Å². The van der Waals surface area contributed by atoms with Crippen molar-refractivity contribution in [2.45, 2.75) is 26.4 Å². The number of hydrogen-bond acceptors (Lipinski definition) is 2. The molecule has 0 aliphatic heterocycles. The van der Waals surface area contributed by atoms with E-state index in [1.165, 1.54) is 16.9 Å². The third-order valence-corrected chi connectivity index (χ3v) is 2.64. The van der Waals surface area contributed by atoms with Gasteiger partial charge in [-0.25, -0.2) is 0 Å². The average molecular weight is 255 g/mol. The molecule has 1 heterocycles. The second-order valence-corrected chi connectivity index (χ2v) is 3.92. The normalized spacial score (nSPS) is 11.8. The van der Waals surface area contributed by atoms with Crippen molar-refractivity contribution in [2.24, 2.45) is 0 Å². The minimum Gasteiger partial charge on any atom is -0.166 e. The maximum atomic E-state index is 12.4. The first-order chi connectivity index (χ1) is 8.41. The van der Waals surface area contributed by atoms with Gasteiger partial charge in [0.15, 0.2) is 0 Å². The summed E-state index contributed by atoms with van der Waals surface area (Å²) in [6.45, 7) is 3.78. The first kappa shape index (κ1) is 12.6. The van der Waals surface area contributed by atoms with Crippen molar-refractivity contribution in [1.29, 1.82) is 0 Å². The zero-order valence-corrected chi connectivity index (χ0v) is 9.99. The smallest absolute Gasteiger partial charge is 0.166 e. The zero-order valence-electron chi connectivity index (χ0n) is 9.99. The zero-order chi connectivity index (χ0) is 13.3. The van der Waals surface area contributed by atoms with Gasteiger partial charge in [-0.05, 0) is 37.6 Å². The maximum absolute atomic E-state index is 12.4. The molecule has 0 N–H and O–H groups in total. The van der Waals surface area contributed by atoms with Crippen LogP contribution in [0.25, 0.3) is 5.69 Å². The summed E-state index contributed by atoms with van der Waals surface area (Å²) in [7, 11) is 0. The van der Waals surface area contributed by atoms with E-state index in [2.05, 4.69) is 10.2 Å². The first-order valence-electron chi connectivity index (χ1n) is 5.52. The molecule has 0 bridgehead atoms. The molecule has 96 valence electrons. The van der Waals surface area contributed by atoms with E-state index in [0.717, 1.165) is 29.9 Å². The van der Waals surface area contributed by atoms with Gasteiger partial charge in [0.2, 0.25) is 0 Å². The summed E-state index contributed by atoms with van der Waals surface area (Å²) in [6, 6.07) is 4.78. The third-order valence-electron chi connectivity index (χ3n) is 2.64. The van der Waals surface area contributed by atoms with Crippen molar-refractivity contribution < 1.29 is 13.2 Å². The quantitative estimate of drug-likeness (QED) is 0.825. The molecule has 2 aromatic rings. The lowest BCUT2D eigenvalue weighted by atomic mass is 10.2. The van der Waals surface area contributed by atoms with Gasteiger partial charge in [-0.1, -0.05) is 6.92 Å². The van der Waals surface area contributed by atoms with Crippen LogP contribution in [-0.2, 0) is 12.6 Å². The van der Waals surface area contributed by atoms with Crippen LogP contribution in [0.4, 0.5) is 13.2 Å². The molecule has 0 spiro atoms. The van der Waals surface area contributed by atoms with Crippen LogP contribution in [0.5, 0.6) is 0 Å². The minimum atomic E-state index is -4.32. The van der Waals surface area contributed by atoms with Crippen LogP contribution in [0.1, 0.15) is 23.9 Å². The Morgan fingerprint density at radius 1 is 1.11 bits per heavy atom. The number of halogens is 3. The van der Waals surface area contributed by atoms with Crippen LogP contribution in [-0.4, -0.2) is 15.0 Å². The Balaban J connectivity index is 2.34. The number of hydrogen-bond donors (Lipinski definition) is 0. The number of benzene rings is 1. The lowest BCUT2D eigenvalue weighted by Crippen LogP contribution is -2.06. The Labute approximate surface area is 102 Å². The largest absolute Gasteiger partial charge is 0.416 e. The van der Waals surface area contributed by atoms with E-state index < -0.39 is 11.7 Å². The summed E-state index contributed by atoms with van der Waals surface area (Å²) in [6.07, 6.45) is -3.58. The molecule has 1 aromatic heterocycles. The van der Waals surface area contributed by atoms with Crippen molar-refractivity contribution in [3.05, 3.63) is 41.2 Å². The standard InChI is InChI=1S/C12H12F3N3/c1-3-11-8(2)16-18(17-11)10-6-4-9(5-7-10)12(13,14)15/h4-7H,3H2,1-2H3. The monoisotopic (exact) mass is 255 g/mol. The van der Waals surface area contributed by atoms with E-state index in [1.807, 2.05) is 13.8 Å². The number of nitrogens with zero attached hydrogens (tertiary/aromatic N) is 3. The van der Waals surface area contributed by atoms with Gasteiger partial charge < -0.3 is 0 Å². The van der Waals surface area contributed by atoms with Crippen LogP contribution in [0.2, 0.25) is 0 Å². The van der Waals surface area contributed by atoms with E-state index in [9.17, 15) is 13.2 Å². The topological polar surface area (TPSA) is 30.7 Å². The fourth-order valence-corrected chi connectivity index (χ4v) is 1.63. The SMILES string of the molecule is CCc1nn(-c2ccc(C(F)(F)F)cc2)nc1C. The van der Waals surface area contributed by atoms with Gasteiger partial charge in [-0.2, -0.15) is 28.2 Å². The van der Waals surface area contributed by atoms with Gasteiger partial charge >= 0.3 is 6.18 Å². The van der Waals surface area contributed by atoms with Gasteiger partial charge in [-0.3, -0.25) is 0 Å². The molecule has 0 fully saturated rings. The molecule has 0 aliphatic rings. The number of rotatable bonds is 2. The van der Waals surface area contributed by atoms with Gasteiger partial charge in [0.25, 0.3) is 0 Å². The predicted molar refractivity (Wildman–Crippen MR) is 60.5 cm³/mol. The van der Waals surface area contributed by atoms with Crippen molar-refractivity contribution in [1.82, 2.24) is 15.0 Å².